The number of aliphatic hydroxyl groups is 1. The van der Waals surface area contributed by atoms with Crippen LogP contribution in [-0.4, -0.2) is 67.3 Å². The average Bonchev–Trinajstić information content (AvgIpc) is 0.784. The van der Waals surface area contributed by atoms with Crippen molar-refractivity contribution in [2.45, 2.75) is 110 Å². The first-order chi connectivity index (χ1) is 52.0. The Hall–Kier alpha value is -10.2. The molecule has 5 aromatic heterocycles. The monoisotopic (exact) mass is 1980 g/mol. The first-order valence-electron chi connectivity index (χ1n) is 31.5. The molecule has 15 rings (SSSR count). The van der Waals surface area contributed by atoms with Crippen LogP contribution in [0.1, 0.15) is 69.5 Å². The summed E-state index contributed by atoms with van der Waals surface area (Å²) in [5.41, 5.74) is 3.55. The molecule has 1 radical (unpaired) electrons. The van der Waals surface area contributed by atoms with Gasteiger partial charge < -0.3 is 53.7 Å². The molecular weight excluding hydrogens is 1930 g/mol. The maximum Gasteiger partial charge on any atom is 3.00 e. The summed E-state index contributed by atoms with van der Waals surface area (Å²) in [7, 11) is 0. The number of alkyl halides is 20. The number of aromatic nitrogens is 5. The van der Waals surface area contributed by atoms with E-state index in [1.165, 1.54) is 50.9 Å². The van der Waals surface area contributed by atoms with Crippen LogP contribution < -0.4 is 23.7 Å². The predicted molar refractivity (Wildman–Crippen MR) is 346 cm³/mol. The van der Waals surface area contributed by atoms with Crippen molar-refractivity contribution in [1.82, 2.24) is 24.9 Å². The number of carbonyl (C=O) groups excluding carboxylic acids is 1. The number of fused-ring (bicyclic) bond motifs is 5. The van der Waals surface area contributed by atoms with Gasteiger partial charge in [0, 0.05) is 85.0 Å². The molecule has 0 saturated heterocycles. The van der Waals surface area contributed by atoms with Crippen molar-refractivity contribution in [2.24, 2.45) is 0 Å². The zero-order chi connectivity index (χ0) is 82.1. The van der Waals surface area contributed by atoms with Gasteiger partial charge in [-0.25, -0.2) is 23.7 Å². The van der Waals surface area contributed by atoms with Crippen molar-refractivity contribution in [3.63, 3.8) is 0 Å². The van der Waals surface area contributed by atoms with Crippen LogP contribution in [0.4, 0.5) is 87.8 Å². The van der Waals surface area contributed by atoms with Crippen molar-refractivity contribution in [1.29, 1.82) is 0 Å². The van der Waals surface area contributed by atoms with Crippen LogP contribution in [-0.2, 0) is 99.2 Å². The third kappa shape index (κ3) is 22.6. The molecule has 0 bridgehead atoms. The van der Waals surface area contributed by atoms with E-state index in [2.05, 4.69) is 103 Å². The van der Waals surface area contributed by atoms with E-state index >= 15 is 0 Å². The Morgan fingerprint density at radius 2 is 0.491 bits per heavy atom. The first-order valence-corrected chi connectivity index (χ1v) is 31.5. The number of benzene rings is 5. The number of allylic oxidation sites excluding steroid dienone is 2. The molecule has 114 heavy (non-hydrogen) atoms. The van der Waals surface area contributed by atoms with Crippen LogP contribution in [0, 0.1) is 65.0 Å². The topological polar surface area (TPSA) is 194 Å². The number of pyridine rings is 5. The van der Waals surface area contributed by atoms with Gasteiger partial charge in [0.25, 0.3) is 0 Å². The average molecular weight is 1980 g/mol. The van der Waals surface area contributed by atoms with E-state index in [0.717, 1.165) is 88.5 Å². The number of hydrogen-bond donors (Lipinski definition) is 1. The molecule has 0 amide bonds. The van der Waals surface area contributed by atoms with Crippen LogP contribution in [0.25, 0.3) is 56.3 Å². The molecule has 5 aromatic carbocycles. The Morgan fingerprint density at radius 3 is 0.623 bits per heavy atom. The Labute approximate surface area is 658 Å². The molecule has 0 spiro atoms. The Morgan fingerprint density at radius 1 is 0.325 bits per heavy atom. The summed E-state index contributed by atoms with van der Waals surface area (Å²) >= 11 is 0. The number of aryl methyl sites for hydroxylation is 5. The number of aliphatic hydroxyl groups excluding tert-OH is 1. The molecule has 0 aliphatic carbocycles. The Bertz CT molecular complexity index is 4500. The van der Waals surface area contributed by atoms with E-state index in [1.807, 2.05) is 34.6 Å². The largest absolute Gasteiger partial charge is 3.00 e. The van der Waals surface area contributed by atoms with Gasteiger partial charge in [-0.15, -0.1) is 163 Å². The van der Waals surface area contributed by atoms with Crippen molar-refractivity contribution in [3.8, 4) is 85.0 Å². The minimum absolute atomic E-state index is 0. The minimum Gasteiger partial charge on any atom is -0.512 e. The van der Waals surface area contributed by atoms with Gasteiger partial charge in [-0.05, 0) is 107 Å². The van der Waals surface area contributed by atoms with E-state index in [1.54, 1.807) is 60.7 Å². The van der Waals surface area contributed by atoms with E-state index in [4.69, 9.17) is 5.11 Å². The molecule has 5 aliphatic rings. The number of nitrogens with zero attached hydrogens (tertiary/aromatic N) is 5. The smallest absolute Gasteiger partial charge is 0.512 e. The normalized spacial score (nSPS) is 17.9. The standard InChI is InChI=1S/5C14H8F4NO2.C5H8O2.2Ir/c5*1-8-4-5-19-11(6-8)9-2-3-12-10(7-9)13(15,16)21-14(17,18)20-12;1-4(6)3-5(2)7;;/h5*3-7H,1H3;3,6H,1-2H3;;/q5*-1;;;+3. The van der Waals surface area contributed by atoms with E-state index in [-0.39, 0.29) is 79.6 Å². The van der Waals surface area contributed by atoms with Gasteiger partial charge >= 0.3 is 82.1 Å². The fourth-order valence-electron chi connectivity index (χ4n) is 10.2. The SMILES string of the molecule is CC(=O)C=C(C)O.Cc1ccnc(-c2[c-]cc3c(c2)C(F)(F)OC(F)(F)O3)c1.Cc1ccnc(-c2[c-]cc3c(c2)C(F)(F)OC(F)(F)O3)c1.Cc1ccnc(-c2[c-]cc3c(c2)C(F)(F)OC(F)(F)O3)c1.Cc1ccnc(-c2[c-]cc3c(c2)C(F)(F)OC(F)(F)O3)c1.Cc1ccnc(-c2[c-]cc3c(c2)C(F)(F)OC(F)(F)O3)c1.[Ir+3].[Ir]. The second-order valence-electron chi connectivity index (χ2n) is 24.0. The Kier molecular flexibility index (Phi) is 26.7. The zero-order valence-corrected chi connectivity index (χ0v) is 63.2. The van der Waals surface area contributed by atoms with Gasteiger partial charge in [0.2, 0.25) is 0 Å². The molecule has 605 valence electrons. The van der Waals surface area contributed by atoms with Crippen LogP contribution >= 0.6 is 0 Å². The molecule has 10 aromatic rings. The fourth-order valence-corrected chi connectivity index (χ4v) is 10.2. The maximum absolute atomic E-state index is 13.7. The second kappa shape index (κ2) is 34.1. The van der Waals surface area contributed by atoms with Gasteiger partial charge in [0.15, 0.2) is 5.78 Å². The van der Waals surface area contributed by atoms with Crippen molar-refractivity contribution in [3.05, 3.63) is 250 Å². The number of carbonyl (C=O) groups is 1. The van der Waals surface area contributed by atoms with E-state index < -0.39 is 119 Å². The zero-order valence-electron chi connectivity index (χ0n) is 58.4. The van der Waals surface area contributed by atoms with Crippen molar-refractivity contribution >= 4 is 5.78 Å². The molecule has 0 unspecified atom stereocenters. The summed E-state index contributed by atoms with van der Waals surface area (Å²) in [5.74, 6) is -3.43. The number of rotatable bonds is 6. The maximum atomic E-state index is 13.7. The third-order valence-electron chi connectivity index (χ3n) is 14.9. The second-order valence-corrected chi connectivity index (χ2v) is 24.0. The van der Waals surface area contributed by atoms with Gasteiger partial charge in [-0.2, -0.15) is 43.9 Å². The minimum atomic E-state index is -4.38. The van der Waals surface area contributed by atoms with E-state index in [9.17, 15) is 92.6 Å². The summed E-state index contributed by atoms with van der Waals surface area (Å²) in [6, 6.07) is 39.6. The summed E-state index contributed by atoms with van der Waals surface area (Å²) in [6.07, 6.45) is -34.0. The van der Waals surface area contributed by atoms with Gasteiger partial charge in [-0.1, -0.05) is 58.1 Å². The number of halogens is 20. The van der Waals surface area contributed by atoms with Gasteiger partial charge in [0.1, 0.15) is 0 Å². The molecular formula is C75H48F20Ir2N5O12-2. The molecule has 10 heterocycles. The summed E-state index contributed by atoms with van der Waals surface area (Å²) in [5, 5.41) is 8.36. The van der Waals surface area contributed by atoms with E-state index in [0.29, 0.717) is 28.5 Å². The van der Waals surface area contributed by atoms with Crippen LogP contribution in [0.5, 0.6) is 28.7 Å². The van der Waals surface area contributed by atoms with Crippen LogP contribution in [0.15, 0.2) is 164 Å². The van der Waals surface area contributed by atoms with Crippen LogP contribution in [0.2, 0.25) is 0 Å². The number of ketones is 1. The molecule has 0 fully saturated rings. The first kappa shape index (κ1) is 89.3. The molecule has 5 aliphatic heterocycles. The molecule has 0 saturated carbocycles. The van der Waals surface area contributed by atoms with Crippen LogP contribution in [0.3, 0.4) is 0 Å². The predicted octanol–water partition coefficient (Wildman–Crippen LogP) is 20.4. The quantitative estimate of drug-likeness (QED) is 0.0714. The summed E-state index contributed by atoms with van der Waals surface area (Å²) in [6.45, 7) is 11.9. The molecule has 1 N–H and O–H groups in total. The fraction of sp³-hybridized carbons (Fsp3) is 0.227. The molecule has 0 atom stereocenters. The summed E-state index contributed by atoms with van der Waals surface area (Å²) in [4.78, 5) is 30.2. The molecule has 39 heteroatoms. The number of hydrogen-bond acceptors (Lipinski definition) is 17. The Balaban J connectivity index is 0.000000174. The van der Waals surface area contributed by atoms with Gasteiger partial charge in [-0.3, -0.25) is 4.79 Å². The van der Waals surface area contributed by atoms with Gasteiger partial charge in [0.05, 0.1) is 34.5 Å². The number of ether oxygens (including phenoxy) is 10. The molecule has 17 nitrogen and oxygen atoms in total. The van der Waals surface area contributed by atoms with Crippen molar-refractivity contribution < 1.29 is 185 Å². The van der Waals surface area contributed by atoms with Crippen molar-refractivity contribution in [2.75, 3.05) is 0 Å². The third-order valence-corrected chi connectivity index (χ3v) is 14.9. The summed E-state index contributed by atoms with van der Waals surface area (Å²) < 4.78 is 303.